The van der Waals surface area contributed by atoms with Gasteiger partial charge in [0.1, 0.15) is 0 Å². The van der Waals surface area contributed by atoms with Crippen molar-refractivity contribution in [2.75, 3.05) is 26.2 Å². The largest absolute Gasteiger partial charge is 0.369 e. The molecular weight excluding hydrogens is 190 g/mol. The zero-order chi connectivity index (χ0) is 10.7. The zero-order valence-electron chi connectivity index (χ0n) is 9.24. The minimum absolute atomic E-state index is 0.114. The minimum Gasteiger partial charge on any atom is -0.369 e. The van der Waals surface area contributed by atoms with Gasteiger partial charge in [0.15, 0.2) is 0 Å². The molecule has 0 aliphatic carbocycles. The number of hydrogen-bond acceptors (Lipinski definition) is 3. The maximum absolute atomic E-state index is 11.0. The Bertz CT molecular complexity index is 218. The molecular formula is C11H21N3O. The lowest BCUT2D eigenvalue weighted by Crippen LogP contribution is -2.50. The van der Waals surface area contributed by atoms with Crippen LogP contribution in [0.5, 0.6) is 0 Å². The summed E-state index contributed by atoms with van der Waals surface area (Å²) in [6.07, 6.45) is 4.48. The quantitative estimate of drug-likeness (QED) is 0.672. The van der Waals surface area contributed by atoms with Crippen LogP contribution in [-0.2, 0) is 4.79 Å². The molecule has 1 amide bonds. The van der Waals surface area contributed by atoms with Gasteiger partial charge in [-0.1, -0.05) is 0 Å². The third-order valence-corrected chi connectivity index (χ3v) is 3.72. The molecule has 0 aromatic rings. The lowest BCUT2D eigenvalue weighted by Gasteiger charge is -2.38. The van der Waals surface area contributed by atoms with Crippen LogP contribution < -0.4 is 11.1 Å². The van der Waals surface area contributed by atoms with Gasteiger partial charge >= 0.3 is 0 Å². The molecule has 0 aromatic heterocycles. The number of rotatable bonds is 2. The molecule has 0 bridgehead atoms. The molecule has 15 heavy (non-hydrogen) atoms. The topological polar surface area (TPSA) is 58.4 Å². The van der Waals surface area contributed by atoms with Gasteiger partial charge in [-0.25, -0.2) is 0 Å². The van der Waals surface area contributed by atoms with Gasteiger partial charge in [0.25, 0.3) is 0 Å². The predicted molar refractivity (Wildman–Crippen MR) is 59.4 cm³/mol. The van der Waals surface area contributed by atoms with E-state index in [-0.39, 0.29) is 11.8 Å². The van der Waals surface area contributed by atoms with Crippen LogP contribution in [0.2, 0.25) is 0 Å². The van der Waals surface area contributed by atoms with E-state index < -0.39 is 0 Å². The molecule has 0 aromatic carbocycles. The SMILES string of the molecule is NC(=O)C1CCN([C@@H]2CCCNC2)CC1. The molecule has 0 saturated carbocycles. The molecule has 2 saturated heterocycles. The van der Waals surface area contributed by atoms with Crippen LogP contribution in [0.4, 0.5) is 0 Å². The van der Waals surface area contributed by atoms with Crippen LogP contribution in [0.3, 0.4) is 0 Å². The van der Waals surface area contributed by atoms with E-state index in [0.717, 1.165) is 39.0 Å². The molecule has 2 aliphatic rings. The molecule has 3 N–H and O–H groups in total. The number of carbonyl (C=O) groups excluding carboxylic acids is 1. The number of nitrogens with two attached hydrogens (primary N) is 1. The lowest BCUT2D eigenvalue weighted by atomic mass is 9.94. The Balaban J connectivity index is 1.79. The standard InChI is InChI=1S/C11H21N3O/c12-11(15)9-3-6-14(7-4-9)10-2-1-5-13-8-10/h9-10,13H,1-8H2,(H2,12,15)/t10-/m1/s1. The van der Waals surface area contributed by atoms with Crippen LogP contribution >= 0.6 is 0 Å². The Morgan fingerprint density at radius 2 is 2.00 bits per heavy atom. The average Bonchev–Trinajstić information content (AvgIpc) is 2.30. The van der Waals surface area contributed by atoms with Crippen LogP contribution in [0.25, 0.3) is 0 Å². The highest BCUT2D eigenvalue weighted by atomic mass is 16.1. The molecule has 0 unspecified atom stereocenters. The second-order valence-electron chi connectivity index (χ2n) is 4.71. The third-order valence-electron chi connectivity index (χ3n) is 3.72. The van der Waals surface area contributed by atoms with Crippen LogP contribution in [-0.4, -0.2) is 43.0 Å². The number of piperidine rings is 2. The molecule has 2 fully saturated rings. The number of nitrogens with zero attached hydrogens (tertiary/aromatic N) is 1. The highest BCUT2D eigenvalue weighted by Crippen LogP contribution is 2.21. The number of likely N-dealkylation sites (tertiary alicyclic amines) is 1. The summed E-state index contributed by atoms with van der Waals surface area (Å²) in [5.74, 6) is 0.00854. The zero-order valence-corrected chi connectivity index (χ0v) is 9.24. The molecule has 4 nitrogen and oxygen atoms in total. The molecule has 2 aliphatic heterocycles. The highest BCUT2D eigenvalue weighted by molar-refractivity contribution is 5.76. The fourth-order valence-corrected chi connectivity index (χ4v) is 2.69. The van der Waals surface area contributed by atoms with E-state index in [4.69, 9.17) is 5.73 Å². The average molecular weight is 211 g/mol. The first kappa shape index (κ1) is 10.9. The van der Waals surface area contributed by atoms with Crippen molar-refractivity contribution in [3.63, 3.8) is 0 Å². The maximum atomic E-state index is 11.0. The molecule has 86 valence electrons. The van der Waals surface area contributed by atoms with Gasteiger partial charge in [-0.15, -0.1) is 0 Å². The van der Waals surface area contributed by atoms with E-state index in [0.29, 0.717) is 6.04 Å². The van der Waals surface area contributed by atoms with Crippen molar-refractivity contribution in [3.8, 4) is 0 Å². The molecule has 2 rings (SSSR count). The third kappa shape index (κ3) is 2.69. The summed E-state index contributed by atoms with van der Waals surface area (Å²) < 4.78 is 0. The number of hydrogen-bond donors (Lipinski definition) is 2. The van der Waals surface area contributed by atoms with E-state index in [1.54, 1.807) is 0 Å². The normalized spacial score (nSPS) is 30.3. The number of amides is 1. The molecule has 2 heterocycles. The second kappa shape index (κ2) is 4.94. The summed E-state index contributed by atoms with van der Waals surface area (Å²) in [5, 5.41) is 3.43. The molecule has 0 spiro atoms. The van der Waals surface area contributed by atoms with Crippen molar-refractivity contribution in [2.24, 2.45) is 11.7 Å². The van der Waals surface area contributed by atoms with Crippen molar-refractivity contribution in [2.45, 2.75) is 31.7 Å². The number of primary amides is 1. The first-order valence-electron chi connectivity index (χ1n) is 6.01. The van der Waals surface area contributed by atoms with Gasteiger partial charge in [0.2, 0.25) is 5.91 Å². The smallest absolute Gasteiger partial charge is 0.220 e. The summed E-state index contributed by atoms with van der Waals surface area (Å²) in [6, 6.07) is 0.688. The first-order valence-corrected chi connectivity index (χ1v) is 6.01. The Kier molecular flexibility index (Phi) is 3.59. The first-order chi connectivity index (χ1) is 7.27. The van der Waals surface area contributed by atoms with Crippen molar-refractivity contribution in [3.05, 3.63) is 0 Å². The fraction of sp³-hybridized carbons (Fsp3) is 0.909. The monoisotopic (exact) mass is 211 g/mol. The minimum atomic E-state index is -0.114. The van der Waals surface area contributed by atoms with Crippen LogP contribution in [0.15, 0.2) is 0 Å². The van der Waals surface area contributed by atoms with Gasteiger partial charge in [-0.05, 0) is 45.3 Å². The van der Waals surface area contributed by atoms with E-state index >= 15 is 0 Å². The Labute approximate surface area is 91.2 Å². The highest BCUT2D eigenvalue weighted by Gasteiger charge is 2.27. The molecule has 1 atom stereocenters. The Hall–Kier alpha value is -0.610. The van der Waals surface area contributed by atoms with Crippen LogP contribution in [0.1, 0.15) is 25.7 Å². The van der Waals surface area contributed by atoms with Gasteiger partial charge in [-0.3, -0.25) is 9.69 Å². The van der Waals surface area contributed by atoms with Gasteiger partial charge in [0, 0.05) is 18.5 Å². The molecule has 4 heteroatoms. The number of nitrogens with one attached hydrogen (secondary N) is 1. The summed E-state index contributed by atoms with van der Waals surface area (Å²) >= 11 is 0. The predicted octanol–water partition coefficient (Wildman–Crippen LogP) is -0.0643. The summed E-state index contributed by atoms with van der Waals surface area (Å²) in [5.41, 5.74) is 5.32. The van der Waals surface area contributed by atoms with E-state index in [1.165, 1.54) is 12.8 Å². The second-order valence-corrected chi connectivity index (χ2v) is 4.71. The maximum Gasteiger partial charge on any atom is 0.220 e. The summed E-state index contributed by atoms with van der Waals surface area (Å²) in [6.45, 7) is 4.36. The van der Waals surface area contributed by atoms with Crippen molar-refractivity contribution >= 4 is 5.91 Å². The van der Waals surface area contributed by atoms with Gasteiger partial charge < -0.3 is 11.1 Å². The van der Waals surface area contributed by atoms with Crippen molar-refractivity contribution in [1.82, 2.24) is 10.2 Å². The van der Waals surface area contributed by atoms with Gasteiger partial charge in [-0.2, -0.15) is 0 Å². The van der Waals surface area contributed by atoms with Crippen LogP contribution in [0, 0.1) is 5.92 Å². The number of carbonyl (C=O) groups is 1. The lowest BCUT2D eigenvalue weighted by molar-refractivity contribution is -0.123. The van der Waals surface area contributed by atoms with E-state index in [1.807, 2.05) is 0 Å². The van der Waals surface area contributed by atoms with E-state index in [2.05, 4.69) is 10.2 Å². The van der Waals surface area contributed by atoms with Crippen molar-refractivity contribution < 1.29 is 4.79 Å². The molecule has 0 radical (unpaired) electrons. The van der Waals surface area contributed by atoms with Crippen molar-refractivity contribution in [1.29, 1.82) is 0 Å². The summed E-state index contributed by atoms with van der Waals surface area (Å²) in [7, 11) is 0. The Morgan fingerprint density at radius 1 is 1.27 bits per heavy atom. The summed E-state index contributed by atoms with van der Waals surface area (Å²) in [4.78, 5) is 13.5. The fourth-order valence-electron chi connectivity index (χ4n) is 2.69. The van der Waals surface area contributed by atoms with Gasteiger partial charge in [0.05, 0.1) is 0 Å². The van der Waals surface area contributed by atoms with E-state index in [9.17, 15) is 4.79 Å². The Morgan fingerprint density at radius 3 is 2.53 bits per heavy atom.